The standard InChI is InChI=1S/C20H34N4O3S/c1-13(2)11-15(21-17(26)14-9-7-6-8-10-14)16(25)18(27)22-23-19-24(5)12-20(3,4)28-19/h13-15H,6-12H2,1-5H3,(H,21,26)(H,22,27)/b23-19-/t15-/m0/s1. The van der Waals surface area contributed by atoms with Gasteiger partial charge in [0.15, 0.2) is 5.17 Å². The van der Waals surface area contributed by atoms with E-state index in [1.807, 2.05) is 25.8 Å². The van der Waals surface area contributed by atoms with Crippen molar-refractivity contribution >= 4 is 34.5 Å². The number of nitrogens with zero attached hydrogens (tertiary/aromatic N) is 2. The number of carbonyl (C=O) groups is 3. The number of hydrogen-bond donors (Lipinski definition) is 2. The van der Waals surface area contributed by atoms with Crippen molar-refractivity contribution in [2.45, 2.75) is 77.0 Å². The highest BCUT2D eigenvalue weighted by Crippen LogP contribution is 2.34. The highest BCUT2D eigenvalue weighted by atomic mass is 32.2. The first-order valence-corrected chi connectivity index (χ1v) is 11.0. The normalized spacial score (nSPS) is 22.4. The van der Waals surface area contributed by atoms with Gasteiger partial charge in [-0.3, -0.25) is 14.4 Å². The summed E-state index contributed by atoms with van der Waals surface area (Å²) in [5.74, 6) is -1.39. The van der Waals surface area contributed by atoms with Crippen LogP contribution in [0.1, 0.15) is 66.2 Å². The van der Waals surface area contributed by atoms with Gasteiger partial charge in [0.25, 0.3) is 0 Å². The average Bonchev–Trinajstić information content (AvgIpc) is 2.90. The Bertz CT molecular complexity index is 627. The second-order valence-corrected chi connectivity index (χ2v) is 10.6. The third kappa shape index (κ3) is 6.50. The topological polar surface area (TPSA) is 90.9 Å². The van der Waals surface area contributed by atoms with Gasteiger partial charge in [0.2, 0.25) is 11.7 Å². The van der Waals surface area contributed by atoms with Crippen LogP contribution in [0, 0.1) is 11.8 Å². The van der Waals surface area contributed by atoms with Crippen molar-refractivity contribution in [3.05, 3.63) is 0 Å². The molecular weight excluding hydrogens is 376 g/mol. The molecule has 8 heteroatoms. The van der Waals surface area contributed by atoms with Crippen LogP contribution in [0.2, 0.25) is 0 Å². The summed E-state index contributed by atoms with van der Waals surface area (Å²) < 4.78 is 0.0104. The lowest BCUT2D eigenvalue weighted by Gasteiger charge is -2.24. The average molecular weight is 411 g/mol. The van der Waals surface area contributed by atoms with Gasteiger partial charge in [-0.25, -0.2) is 5.43 Å². The predicted molar refractivity (Wildman–Crippen MR) is 113 cm³/mol. The summed E-state index contributed by atoms with van der Waals surface area (Å²) in [6, 6.07) is -0.806. The summed E-state index contributed by atoms with van der Waals surface area (Å²) in [4.78, 5) is 39.6. The van der Waals surface area contributed by atoms with Gasteiger partial charge in [0.1, 0.15) is 0 Å². The molecule has 2 amide bonds. The number of rotatable bonds is 7. The second-order valence-electron chi connectivity index (χ2n) is 8.94. The summed E-state index contributed by atoms with van der Waals surface area (Å²) in [7, 11) is 1.90. The lowest BCUT2D eigenvalue weighted by Crippen LogP contribution is -2.49. The molecule has 0 spiro atoms. The van der Waals surface area contributed by atoms with Gasteiger partial charge < -0.3 is 10.2 Å². The van der Waals surface area contributed by atoms with Gasteiger partial charge in [-0.1, -0.05) is 44.9 Å². The van der Waals surface area contributed by atoms with Crippen LogP contribution < -0.4 is 10.7 Å². The largest absolute Gasteiger partial charge is 0.352 e. The van der Waals surface area contributed by atoms with Crippen LogP contribution in [-0.2, 0) is 14.4 Å². The third-order valence-electron chi connectivity index (χ3n) is 5.11. The zero-order valence-electron chi connectivity index (χ0n) is 17.7. The fourth-order valence-corrected chi connectivity index (χ4v) is 4.84. The van der Waals surface area contributed by atoms with E-state index in [0.717, 1.165) is 38.6 Å². The maximum absolute atomic E-state index is 12.7. The van der Waals surface area contributed by atoms with Crippen LogP contribution in [0.5, 0.6) is 0 Å². The van der Waals surface area contributed by atoms with E-state index < -0.39 is 17.7 Å². The zero-order valence-corrected chi connectivity index (χ0v) is 18.5. The Morgan fingerprint density at radius 1 is 1.21 bits per heavy atom. The summed E-state index contributed by atoms with van der Waals surface area (Å²) in [5, 5.41) is 7.64. The van der Waals surface area contributed by atoms with Crippen LogP contribution in [-0.4, -0.2) is 52.0 Å². The van der Waals surface area contributed by atoms with Gasteiger partial charge in [0, 0.05) is 24.3 Å². The number of amidine groups is 1. The van der Waals surface area contributed by atoms with Crippen molar-refractivity contribution in [1.82, 2.24) is 15.6 Å². The molecule has 0 aromatic heterocycles. The van der Waals surface area contributed by atoms with Gasteiger partial charge >= 0.3 is 5.91 Å². The van der Waals surface area contributed by atoms with E-state index in [-0.39, 0.29) is 22.5 Å². The van der Waals surface area contributed by atoms with Gasteiger partial charge in [0.05, 0.1) is 6.04 Å². The zero-order chi connectivity index (χ0) is 20.9. The Hall–Kier alpha value is -1.57. The molecular formula is C20H34N4O3S. The molecule has 0 radical (unpaired) electrons. The maximum Gasteiger partial charge on any atom is 0.309 e. The van der Waals surface area contributed by atoms with Crippen molar-refractivity contribution in [2.75, 3.05) is 13.6 Å². The molecule has 1 saturated heterocycles. The molecule has 0 aromatic rings. The minimum Gasteiger partial charge on any atom is -0.352 e. The van der Waals surface area contributed by atoms with E-state index in [0.29, 0.717) is 11.6 Å². The number of carbonyl (C=O) groups excluding carboxylic acids is 3. The summed E-state index contributed by atoms with van der Waals surface area (Å²) in [5.41, 5.74) is 2.38. The van der Waals surface area contributed by atoms with E-state index in [1.165, 1.54) is 0 Å². The molecule has 0 bridgehead atoms. The van der Waals surface area contributed by atoms with Gasteiger partial charge in [-0.05, 0) is 39.0 Å². The van der Waals surface area contributed by atoms with Crippen LogP contribution in [0.15, 0.2) is 5.10 Å². The molecule has 2 fully saturated rings. The maximum atomic E-state index is 12.7. The molecule has 2 aliphatic rings. The third-order valence-corrected chi connectivity index (χ3v) is 6.37. The molecule has 7 nitrogen and oxygen atoms in total. The number of hydrogen-bond acceptors (Lipinski definition) is 5. The number of amides is 2. The Labute approximate surface area is 172 Å². The number of nitrogens with one attached hydrogen (secondary N) is 2. The molecule has 158 valence electrons. The molecule has 0 aromatic carbocycles. The molecule has 0 unspecified atom stereocenters. The molecule has 1 aliphatic carbocycles. The first-order chi connectivity index (χ1) is 13.1. The smallest absolute Gasteiger partial charge is 0.309 e. The summed E-state index contributed by atoms with van der Waals surface area (Å²) in [6.45, 7) is 8.95. The van der Waals surface area contributed by atoms with Crippen molar-refractivity contribution in [2.24, 2.45) is 16.9 Å². The highest BCUT2D eigenvalue weighted by Gasteiger charge is 2.34. The first-order valence-electron chi connectivity index (χ1n) is 10.2. The van der Waals surface area contributed by atoms with E-state index >= 15 is 0 Å². The van der Waals surface area contributed by atoms with E-state index in [4.69, 9.17) is 0 Å². The highest BCUT2D eigenvalue weighted by molar-refractivity contribution is 8.15. The van der Waals surface area contributed by atoms with E-state index in [9.17, 15) is 14.4 Å². The lowest BCUT2D eigenvalue weighted by molar-refractivity contribution is -0.140. The Morgan fingerprint density at radius 2 is 1.86 bits per heavy atom. The molecule has 2 rings (SSSR count). The van der Waals surface area contributed by atoms with Crippen LogP contribution in [0.3, 0.4) is 0 Å². The van der Waals surface area contributed by atoms with Crippen LogP contribution in [0.4, 0.5) is 0 Å². The fraction of sp³-hybridized carbons (Fsp3) is 0.800. The lowest BCUT2D eigenvalue weighted by atomic mass is 9.88. The van der Waals surface area contributed by atoms with Gasteiger partial charge in [-0.2, -0.15) is 0 Å². The molecule has 1 saturated carbocycles. The Kier molecular flexibility index (Phi) is 7.92. The fourth-order valence-electron chi connectivity index (χ4n) is 3.77. The SMILES string of the molecule is CC(C)C[C@H](NC(=O)C1CCCCC1)C(=O)C(=O)N/N=C1\SC(C)(C)CN1C. The van der Waals surface area contributed by atoms with E-state index in [1.54, 1.807) is 11.8 Å². The molecule has 1 atom stereocenters. The predicted octanol–water partition coefficient (Wildman–Crippen LogP) is 2.51. The molecule has 2 N–H and O–H groups in total. The number of ketones is 1. The molecule has 1 aliphatic heterocycles. The second kappa shape index (κ2) is 9.76. The van der Waals surface area contributed by atoms with Crippen molar-refractivity contribution in [3.63, 3.8) is 0 Å². The quantitative estimate of drug-likeness (QED) is 0.497. The first kappa shape index (κ1) is 22.7. The van der Waals surface area contributed by atoms with Crippen molar-refractivity contribution in [3.8, 4) is 0 Å². The van der Waals surface area contributed by atoms with Crippen molar-refractivity contribution in [1.29, 1.82) is 0 Å². The molecule has 1 heterocycles. The van der Waals surface area contributed by atoms with Gasteiger partial charge in [-0.15, -0.1) is 5.10 Å². The van der Waals surface area contributed by atoms with Crippen LogP contribution >= 0.6 is 11.8 Å². The van der Waals surface area contributed by atoms with Crippen molar-refractivity contribution < 1.29 is 14.4 Å². The number of Topliss-reactive ketones (excluding diaryl/α,β-unsaturated/α-hetero) is 1. The summed E-state index contributed by atoms with van der Waals surface area (Å²) >= 11 is 1.56. The molecule has 28 heavy (non-hydrogen) atoms. The monoisotopic (exact) mass is 410 g/mol. The Balaban J connectivity index is 1.99. The minimum atomic E-state index is -0.806. The summed E-state index contributed by atoms with van der Waals surface area (Å²) in [6.07, 6.45) is 5.38. The Morgan fingerprint density at radius 3 is 2.39 bits per heavy atom. The number of thioether (sulfide) groups is 1. The number of hydrazone groups is 1. The minimum absolute atomic E-state index is 0.0104. The van der Waals surface area contributed by atoms with E-state index in [2.05, 4.69) is 29.7 Å². The van der Waals surface area contributed by atoms with Crippen LogP contribution in [0.25, 0.3) is 0 Å².